The monoisotopic (exact) mass is 408 g/mol. The van der Waals surface area contributed by atoms with E-state index in [9.17, 15) is 19.2 Å². The summed E-state index contributed by atoms with van der Waals surface area (Å²) in [5.74, 6) is -1.88. The SMILES string of the molecule is CC(=O)c1ccc(NC(=O)COC(=O)[C@@H]2CC(=O)N(c3ccc(C)cc3C)C2)cc1. The molecular weight excluding hydrogens is 384 g/mol. The van der Waals surface area contributed by atoms with Crippen LogP contribution in [0.5, 0.6) is 0 Å². The number of Topliss-reactive ketones (excluding diaryl/α,β-unsaturated/α-hetero) is 1. The van der Waals surface area contributed by atoms with Gasteiger partial charge in [-0.2, -0.15) is 0 Å². The highest BCUT2D eigenvalue weighted by atomic mass is 16.5. The molecule has 7 nitrogen and oxygen atoms in total. The van der Waals surface area contributed by atoms with Crippen molar-refractivity contribution in [1.82, 2.24) is 0 Å². The third-order valence-corrected chi connectivity index (χ3v) is 5.02. The molecule has 1 aliphatic heterocycles. The van der Waals surface area contributed by atoms with Crippen LogP contribution in [0.15, 0.2) is 42.5 Å². The minimum Gasteiger partial charge on any atom is -0.455 e. The van der Waals surface area contributed by atoms with Crippen LogP contribution in [0, 0.1) is 19.8 Å². The maximum absolute atomic E-state index is 12.4. The van der Waals surface area contributed by atoms with Crippen LogP contribution in [0.4, 0.5) is 11.4 Å². The van der Waals surface area contributed by atoms with Crippen molar-refractivity contribution in [2.45, 2.75) is 27.2 Å². The van der Waals surface area contributed by atoms with E-state index in [1.807, 2.05) is 32.0 Å². The van der Waals surface area contributed by atoms with Crippen LogP contribution in [0.1, 0.15) is 34.8 Å². The minimum absolute atomic E-state index is 0.0558. The predicted octanol–water partition coefficient (Wildman–Crippen LogP) is 3.04. The number of benzene rings is 2. The lowest BCUT2D eigenvalue weighted by atomic mass is 10.1. The Bertz CT molecular complexity index is 997. The molecule has 0 spiro atoms. The first-order valence-corrected chi connectivity index (χ1v) is 9.69. The largest absolute Gasteiger partial charge is 0.455 e. The molecule has 0 radical (unpaired) electrons. The van der Waals surface area contributed by atoms with Crippen LogP contribution in [0.2, 0.25) is 0 Å². The maximum atomic E-state index is 12.4. The quantitative estimate of drug-likeness (QED) is 0.586. The van der Waals surface area contributed by atoms with Gasteiger partial charge in [-0.05, 0) is 56.7 Å². The molecule has 1 saturated heterocycles. The van der Waals surface area contributed by atoms with E-state index in [0.717, 1.165) is 16.8 Å². The van der Waals surface area contributed by atoms with Crippen LogP contribution >= 0.6 is 0 Å². The number of ketones is 1. The van der Waals surface area contributed by atoms with Gasteiger partial charge in [-0.1, -0.05) is 17.7 Å². The number of nitrogens with one attached hydrogen (secondary N) is 1. The second-order valence-electron chi connectivity index (χ2n) is 7.48. The van der Waals surface area contributed by atoms with Crippen molar-refractivity contribution < 1.29 is 23.9 Å². The smallest absolute Gasteiger partial charge is 0.311 e. The number of carbonyl (C=O) groups is 4. The van der Waals surface area contributed by atoms with E-state index in [2.05, 4.69) is 5.32 Å². The Balaban J connectivity index is 1.53. The van der Waals surface area contributed by atoms with Crippen molar-refractivity contribution in [2.24, 2.45) is 5.92 Å². The molecule has 7 heteroatoms. The molecule has 1 atom stereocenters. The summed E-state index contributed by atoms with van der Waals surface area (Å²) in [4.78, 5) is 49.7. The summed E-state index contributed by atoms with van der Waals surface area (Å²) in [7, 11) is 0. The highest BCUT2D eigenvalue weighted by molar-refractivity contribution is 6.00. The average Bonchev–Trinajstić information content (AvgIpc) is 3.08. The zero-order chi connectivity index (χ0) is 21.8. The first-order chi connectivity index (χ1) is 14.2. The molecule has 0 aliphatic carbocycles. The number of hydrogen-bond acceptors (Lipinski definition) is 5. The summed E-state index contributed by atoms with van der Waals surface area (Å²) in [5, 5.41) is 2.61. The summed E-state index contributed by atoms with van der Waals surface area (Å²) in [6.45, 7) is 5.15. The van der Waals surface area contributed by atoms with Gasteiger partial charge < -0.3 is 15.0 Å². The Kier molecular flexibility index (Phi) is 6.30. The van der Waals surface area contributed by atoms with E-state index in [1.165, 1.54) is 6.92 Å². The third kappa shape index (κ3) is 4.92. The average molecular weight is 408 g/mol. The van der Waals surface area contributed by atoms with Gasteiger partial charge in [-0.25, -0.2) is 0 Å². The molecule has 1 heterocycles. The number of carbonyl (C=O) groups excluding carboxylic acids is 4. The number of rotatable bonds is 6. The summed E-state index contributed by atoms with van der Waals surface area (Å²) in [6, 6.07) is 12.2. The first kappa shape index (κ1) is 21.2. The first-order valence-electron chi connectivity index (χ1n) is 9.69. The lowest BCUT2D eigenvalue weighted by Gasteiger charge is -2.19. The molecule has 156 valence electrons. The summed E-state index contributed by atoms with van der Waals surface area (Å²) in [5.41, 5.74) is 3.89. The van der Waals surface area contributed by atoms with Gasteiger partial charge in [-0.15, -0.1) is 0 Å². The summed E-state index contributed by atoms with van der Waals surface area (Å²) >= 11 is 0. The van der Waals surface area contributed by atoms with Gasteiger partial charge >= 0.3 is 5.97 Å². The Hall–Kier alpha value is -3.48. The Morgan fingerprint density at radius 1 is 1.10 bits per heavy atom. The number of hydrogen-bond donors (Lipinski definition) is 1. The molecule has 0 aromatic heterocycles. The minimum atomic E-state index is -0.610. The van der Waals surface area contributed by atoms with Crippen LogP contribution < -0.4 is 10.2 Å². The highest BCUT2D eigenvalue weighted by Crippen LogP contribution is 2.29. The number of amides is 2. The summed E-state index contributed by atoms with van der Waals surface area (Å²) in [6.07, 6.45) is 0.0558. The van der Waals surface area contributed by atoms with E-state index in [0.29, 0.717) is 11.3 Å². The molecule has 1 aliphatic rings. The standard InChI is InChI=1S/C23H24N2O5/c1-14-4-9-20(15(2)10-14)25-12-18(11-22(25)28)23(29)30-13-21(27)24-19-7-5-17(6-8-19)16(3)26/h4-10,18H,11-13H2,1-3H3,(H,24,27)/t18-/m1/s1. The molecule has 0 bridgehead atoms. The number of aryl methyl sites for hydroxylation is 2. The second-order valence-corrected chi connectivity index (χ2v) is 7.48. The third-order valence-electron chi connectivity index (χ3n) is 5.02. The van der Waals surface area contributed by atoms with Gasteiger partial charge in [0.2, 0.25) is 5.91 Å². The van der Waals surface area contributed by atoms with Crippen LogP contribution in [0.25, 0.3) is 0 Å². The van der Waals surface area contributed by atoms with Gasteiger partial charge in [0.05, 0.1) is 5.92 Å². The van der Waals surface area contributed by atoms with Crippen molar-refractivity contribution in [2.75, 3.05) is 23.4 Å². The van der Waals surface area contributed by atoms with Crippen molar-refractivity contribution in [3.8, 4) is 0 Å². The molecular formula is C23H24N2O5. The van der Waals surface area contributed by atoms with E-state index in [1.54, 1.807) is 29.2 Å². The fraction of sp³-hybridized carbons (Fsp3) is 0.304. The molecule has 2 amide bonds. The number of ether oxygens (including phenoxy) is 1. The molecule has 2 aromatic rings. The molecule has 3 rings (SSSR count). The molecule has 0 unspecified atom stereocenters. The van der Waals surface area contributed by atoms with E-state index in [-0.39, 0.29) is 24.7 Å². The number of nitrogens with zero attached hydrogens (tertiary/aromatic N) is 1. The molecule has 1 N–H and O–H groups in total. The normalized spacial score (nSPS) is 15.8. The van der Waals surface area contributed by atoms with Crippen molar-refractivity contribution in [1.29, 1.82) is 0 Å². The van der Waals surface area contributed by atoms with E-state index >= 15 is 0 Å². The fourth-order valence-corrected chi connectivity index (χ4v) is 3.45. The molecule has 30 heavy (non-hydrogen) atoms. The van der Waals surface area contributed by atoms with Crippen LogP contribution in [-0.4, -0.2) is 36.7 Å². The topological polar surface area (TPSA) is 92.8 Å². The molecule has 2 aromatic carbocycles. The van der Waals surface area contributed by atoms with Crippen LogP contribution in [0.3, 0.4) is 0 Å². The van der Waals surface area contributed by atoms with Crippen LogP contribution in [-0.2, 0) is 19.1 Å². The highest BCUT2D eigenvalue weighted by Gasteiger charge is 2.36. The van der Waals surface area contributed by atoms with Gasteiger partial charge in [0.1, 0.15) is 0 Å². The van der Waals surface area contributed by atoms with Gasteiger partial charge in [0, 0.05) is 29.9 Å². The Morgan fingerprint density at radius 2 is 1.80 bits per heavy atom. The Morgan fingerprint density at radius 3 is 2.43 bits per heavy atom. The van der Waals surface area contributed by atoms with E-state index < -0.39 is 24.4 Å². The zero-order valence-corrected chi connectivity index (χ0v) is 17.2. The van der Waals surface area contributed by atoms with Gasteiger partial charge in [-0.3, -0.25) is 19.2 Å². The summed E-state index contributed by atoms with van der Waals surface area (Å²) < 4.78 is 5.12. The van der Waals surface area contributed by atoms with Crippen molar-refractivity contribution in [3.63, 3.8) is 0 Å². The lowest BCUT2D eigenvalue weighted by Crippen LogP contribution is -2.28. The maximum Gasteiger partial charge on any atom is 0.311 e. The van der Waals surface area contributed by atoms with E-state index in [4.69, 9.17) is 4.74 Å². The molecule has 1 fully saturated rings. The number of anilines is 2. The lowest BCUT2D eigenvalue weighted by molar-refractivity contribution is -0.151. The Labute approximate surface area is 175 Å². The van der Waals surface area contributed by atoms with Crippen molar-refractivity contribution in [3.05, 3.63) is 59.2 Å². The molecule has 0 saturated carbocycles. The van der Waals surface area contributed by atoms with Gasteiger partial charge in [0.15, 0.2) is 12.4 Å². The fourth-order valence-electron chi connectivity index (χ4n) is 3.45. The second kappa shape index (κ2) is 8.90. The zero-order valence-electron chi connectivity index (χ0n) is 17.2. The van der Waals surface area contributed by atoms with Gasteiger partial charge in [0.25, 0.3) is 5.91 Å². The number of esters is 1. The van der Waals surface area contributed by atoms with Crippen molar-refractivity contribution >= 4 is 34.9 Å². The predicted molar refractivity (Wildman–Crippen MR) is 112 cm³/mol.